The minimum atomic E-state index is -3.95. The summed E-state index contributed by atoms with van der Waals surface area (Å²) in [6, 6.07) is 11.9. The second-order valence-corrected chi connectivity index (χ2v) is 8.44. The first kappa shape index (κ1) is 20.5. The lowest BCUT2D eigenvalue weighted by Crippen LogP contribution is -2.41. The van der Waals surface area contributed by atoms with E-state index in [-0.39, 0.29) is 23.6 Å². The number of aryl methyl sites for hydroxylation is 1. The number of amides is 2. The maximum absolute atomic E-state index is 12.4. The first-order valence-corrected chi connectivity index (χ1v) is 10.4. The van der Waals surface area contributed by atoms with Crippen molar-refractivity contribution in [2.75, 3.05) is 13.2 Å². The van der Waals surface area contributed by atoms with Gasteiger partial charge >= 0.3 is 5.97 Å². The zero-order valence-corrected chi connectivity index (χ0v) is 16.7. The molecule has 0 fully saturated rings. The van der Waals surface area contributed by atoms with Gasteiger partial charge in [0.1, 0.15) is 17.5 Å². The summed E-state index contributed by atoms with van der Waals surface area (Å²) in [6.07, 6.45) is 0. The molecule has 1 heterocycles. The van der Waals surface area contributed by atoms with Crippen molar-refractivity contribution in [3.8, 4) is 0 Å². The van der Waals surface area contributed by atoms with E-state index in [4.69, 9.17) is 4.74 Å². The third kappa shape index (κ3) is 4.14. The summed E-state index contributed by atoms with van der Waals surface area (Å²) in [5.74, 6) is -1.81. The number of ether oxygens (including phenoxy) is 1. The van der Waals surface area contributed by atoms with Crippen LogP contribution in [0.4, 0.5) is 0 Å². The number of benzene rings is 2. The summed E-state index contributed by atoms with van der Waals surface area (Å²) < 4.78 is 30.6. The Bertz CT molecular complexity index is 1080. The molecule has 1 aliphatic rings. The number of fused-ring (bicyclic) bond motifs is 1. The van der Waals surface area contributed by atoms with Gasteiger partial charge < -0.3 is 10.1 Å². The highest BCUT2D eigenvalue weighted by Crippen LogP contribution is 2.29. The van der Waals surface area contributed by atoms with E-state index in [0.29, 0.717) is 9.87 Å². The number of hydrogen-bond donors (Lipinski definition) is 1. The summed E-state index contributed by atoms with van der Waals surface area (Å²) in [5, 5.41) is 2.53. The van der Waals surface area contributed by atoms with E-state index in [1.165, 1.54) is 25.1 Å². The number of nitrogens with zero attached hydrogens (tertiary/aromatic N) is 1. The average Bonchev–Trinajstić information content (AvgIpc) is 2.88. The van der Waals surface area contributed by atoms with Gasteiger partial charge in [0.25, 0.3) is 21.8 Å². The molecule has 2 amide bonds. The van der Waals surface area contributed by atoms with Crippen molar-refractivity contribution in [1.29, 1.82) is 0 Å². The Morgan fingerprint density at radius 2 is 1.86 bits per heavy atom. The van der Waals surface area contributed by atoms with Crippen LogP contribution in [0.25, 0.3) is 0 Å². The number of hydrogen-bond acceptors (Lipinski definition) is 6. The molecule has 3 rings (SSSR count). The van der Waals surface area contributed by atoms with Gasteiger partial charge in [0.15, 0.2) is 0 Å². The predicted octanol–water partition coefficient (Wildman–Crippen LogP) is 1.50. The lowest BCUT2D eigenvalue weighted by molar-refractivity contribution is -0.145. The first-order valence-electron chi connectivity index (χ1n) is 8.92. The molecule has 0 saturated heterocycles. The van der Waals surface area contributed by atoms with Gasteiger partial charge in [0, 0.05) is 5.56 Å². The molecule has 8 nitrogen and oxygen atoms in total. The van der Waals surface area contributed by atoms with Gasteiger partial charge in [-0.25, -0.2) is 17.5 Å². The van der Waals surface area contributed by atoms with Crippen LogP contribution in [0.3, 0.4) is 0 Å². The van der Waals surface area contributed by atoms with Crippen LogP contribution in [0.15, 0.2) is 53.4 Å². The average molecular weight is 416 g/mol. The minimum Gasteiger partial charge on any atom is -0.462 e. The third-order valence-corrected chi connectivity index (χ3v) is 6.27. The van der Waals surface area contributed by atoms with Crippen LogP contribution < -0.4 is 5.32 Å². The second-order valence-electron chi connectivity index (χ2n) is 6.61. The number of rotatable bonds is 6. The molecular weight excluding hydrogens is 396 g/mol. The summed E-state index contributed by atoms with van der Waals surface area (Å²) >= 11 is 0. The number of nitrogens with one attached hydrogen (secondary N) is 1. The Labute approximate surface area is 168 Å². The van der Waals surface area contributed by atoms with E-state index in [1.54, 1.807) is 24.3 Å². The topological polar surface area (TPSA) is 110 Å². The standard InChI is InChI=1S/C20H20N2O6S/c1-13-6-5-7-15(12-13)18(23)21-14(2)20(25)28-11-10-22-19(24)16-8-3-4-9-17(16)29(22,26)27/h3-9,12,14H,10-11H2,1-2H3,(H,21,23)/t14-/m1/s1. The lowest BCUT2D eigenvalue weighted by Gasteiger charge is -2.17. The van der Waals surface area contributed by atoms with Crippen LogP contribution in [-0.2, 0) is 19.6 Å². The van der Waals surface area contributed by atoms with Gasteiger partial charge in [0.05, 0.1) is 12.1 Å². The van der Waals surface area contributed by atoms with Crippen LogP contribution in [-0.4, -0.2) is 49.7 Å². The molecule has 9 heteroatoms. The molecule has 0 radical (unpaired) electrons. The SMILES string of the molecule is Cc1cccc(C(=O)N[C@H](C)C(=O)OCCN2C(=O)c3ccccc3S2(=O)=O)c1. The Hall–Kier alpha value is -3.20. The van der Waals surface area contributed by atoms with Crippen molar-refractivity contribution >= 4 is 27.8 Å². The largest absolute Gasteiger partial charge is 0.462 e. The van der Waals surface area contributed by atoms with Crippen molar-refractivity contribution in [2.45, 2.75) is 24.8 Å². The van der Waals surface area contributed by atoms with E-state index in [9.17, 15) is 22.8 Å². The van der Waals surface area contributed by atoms with E-state index >= 15 is 0 Å². The third-order valence-electron chi connectivity index (χ3n) is 4.43. The first-order chi connectivity index (χ1) is 13.7. The molecule has 0 saturated carbocycles. The molecule has 29 heavy (non-hydrogen) atoms. The molecule has 2 aromatic rings. The van der Waals surface area contributed by atoms with Gasteiger partial charge in [-0.05, 0) is 38.1 Å². The molecule has 0 bridgehead atoms. The van der Waals surface area contributed by atoms with Gasteiger partial charge in [-0.3, -0.25) is 9.59 Å². The molecule has 0 unspecified atom stereocenters. The van der Waals surface area contributed by atoms with Gasteiger partial charge in [-0.2, -0.15) is 0 Å². The molecule has 0 aromatic heterocycles. The number of carbonyl (C=O) groups is 3. The lowest BCUT2D eigenvalue weighted by atomic mass is 10.1. The highest BCUT2D eigenvalue weighted by atomic mass is 32.2. The van der Waals surface area contributed by atoms with Crippen LogP contribution in [0, 0.1) is 6.92 Å². The normalized spacial score (nSPS) is 15.5. The Kier molecular flexibility index (Phi) is 5.69. The van der Waals surface area contributed by atoms with Crippen LogP contribution in [0.1, 0.15) is 33.2 Å². The Morgan fingerprint density at radius 1 is 1.14 bits per heavy atom. The zero-order chi connectivity index (χ0) is 21.2. The molecule has 1 N–H and O–H groups in total. The molecular formula is C20H20N2O6S. The Morgan fingerprint density at radius 3 is 2.55 bits per heavy atom. The van der Waals surface area contributed by atoms with E-state index in [1.807, 2.05) is 13.0 Å². The Balaban J connectivity index is 1.55. The maximum Gasteiger partial charge on any atom is 0.328 e. The summed E-state index contributed by atoms with van der Waals surface area (Å²) in [6.45, 7) is 2.69. The van der Waals surface area contributed by atoms with Crippen LogP contribution in [0.2, 0.25) is 0 Å². The quantitative estimate of drug-likeness (QED) is 0.715. The van der Waals surface area contributed by atoms with Crippen LogP contribution in [0.5, 0.6) is 0 Å². The van der Waals surface area contributed by atoms with Crippen molar-refractivity contribution in [2.24, 2.45) is 0 Å². The monoisotopic (exact) mass is 416 g/mol. The summed E-state index contributed by atoms with van der Waals surface area (Å²) in [4.78, 5) is 36.6. The zero-order valence-electron chi connectivity index (χ0n) is 15.9. The van der Waals surface area contributed by atoms with Crippen molar-refractivity contribution in [1.82, 2.24) is 9.62 Å². The van der Waals surface area contributed by atoms with E-state index in [0.717, 1.165) is 5.56 Å². The molecule has 2 aromatic carbocycles. The van der Waals surface area contributed by atoms with Crippen LogP contribution >= 0.6 is 0 Å². The van der Waals surface area contributed by atoms with E-state index < -0.39 is 33.8 Å². The van der Waals surface area contributed by atoms with Gasteiger partial charge in [-0.15, -0.1) is 0 Å². The van der Waals surface area contributed by atoms with Crippen molar-refractivity contribution < 1.29 is 27.5 Å². The number of sulfonamides is 1. The minimum absolute atomic E-state index is 0.0601. The fourth-order valence-corrected chi connectivity index (χ4v) is 4.48. The van der Waals surface area contributed by atoms with Gasteiger partial charge in [0.2, 0.25) is 0 Å². The predicted molar refractivity (Wildman–Crippen MR) is 104 cm³/mol. The maximum atomic E-state index is 12.4. The van der Waals surface area contributed by atoms with E-state index in [2.05, 4.69) is 5.32 Å². The fraction of sp³-hybridized carbons (Fsp3) is 0.250. The fourth-order valence-electron chi connectivity index (χ4n) is 2.93. The molecule has 0 spiro atoms. The highest BCUT2D eigenvalue weighted by Gasteiger charge is 2.40. The highest BCUT2D eigenvalue weighted by molar-refractivity contribution is 7.90. The number of carbonyl (C=O) groups excluding carboxylic acids is 3. The molecule has 0 aliphatic carbocycles. The molecule has 1 aliphatic heterocycles. The second kappa shape index (κ2) is 8.04. The summed E-state index contributed by atoms with van der Waals surface area (Å²) in [7, 11) is -3.95. The van der Waals surface area contributed by atoms with Gasteiger partial charge in [-0.1, -0.05) is 29.8 Å². The molecule has 152 valence electrons. The summed E-state index contributed by atoms with van der Waals surface area (Å²) in [5.41, 5.74) is 1.42. The molecule has 1 atom stereocenters. The van der Waals surface area contributed by atoms with Crippen molar-refractivity contribution in [3.63, 3.8) is 0 Å². The number of esters is 1. The smallest absolute Gasteiger partial charge is 0.328 e. The van der Waals surface area contributed by atoms with Crippen molar-refractivity contribution in [3.05, 3.63) is 65.2 Å².